The summed E-state index contributed by atoms with van der Waals surface area (Å²) in [6, 6.07) is 17.7. The third-order valence-electron chi connectivity index (χ3n) is 3.86. The van der Waals surface area contributed by atoms with Gasteiger partial charge in [-0.05, 0) is 37.1 Å². The first-order valence-electron chi connectivity index (χ1n) is 7.79. The van der Waals surface area contributed by atoms with Crippen molar-refractivity contribution in [3.8, 4) is 11.5 Å². The first-order valence-corrected chi connectivity index (χ1v) is 9.40. The smallest absolute Gasteiger partial charge is 0.416 e. The Bertz CT molecular complexity index is 654. The van der Waals surface area contributed by atoms with E-state index in [2.05, 4.69) is 0 Å². The number of Topliss-reactive ketones (excluding diaryl/α,β-unsaturated/α-hetero) is 1. The van der Waals surface area contributed by atoms with Crippen LogP contribution in [0.3, 0.4) is 0 Å². The molecule has 1 aliphatic rings. The first-order chi connectivity index (χ1) is 11.2. The highest BCUT2D eigenvalue weighted by Gasteiger charge is 2.44. The second kappa shape index (κ2) is 7.01. The molecule has 4 nitrogen and oxygen atoms in total. The standard InChI is InChI=1S/C18H19O4P/c19-17-13-7-8-14-18(17)23(20,21-15-9-3-1-4-10-15)22-16-11-5-2-6-12-16/h1-6,9-12,18H,7-8,13-14H2. The Kier molecular flexibility index (Phi) is 4.82. The highest BCUT2D eigenvalue weighted by molar-refractivity contribution is 7.56. The van der Waals surface area contributed by atoms with Crippen molar-refractivity contribution in [3.05, 3.63) is 60.7 Å². The number of carbonyl (C=O) groups excluding carboxylic acids is 1. The Morgan fingerprint density at radius 1 is 0.826 bits per heavy atom. The quantitative estimate of drug-likeness (QED) is 0.735. The summed E-state index contributed by atoms with van der Waals surface area (Å²) in [6.45, 7) is 0. The molecular formula is C18H19O4P. The van der Waals surface area contributed by atoms with Gasteiger partial charge in [0, 0.05) is 6.42 Å². The van der Waals surface area contributed by atoms with E-state index in [4.69, 9.17) is 9.05 Å². The predicted octanol–water partition coefficient (Wildman–Crippen LogP) is 4.85. The van der Waals surface area contributed by atoms with Crippen LogP contribution in [0.2, 0.25) is 0 Å². The Morgan fingerprint density at radius 2 is 1.35 bits per heavy atom. The summed E-state index contributed by atoms with van der Waals surface area (Å²) >= 11 is 0. The summed E-state index contributed by atoms with van der Waals surface area (Å²) in [5, 5.41) is 0. The average Bonchev–Trinajstić information content (AvgIpc) is 2.57. The molecular weight excluding hydrogens is 311 g/mol. The molecule has 3 rings (SSSR count). The fraction of sp³-hybridized carbons (Fsp3) is 0.278. The number of para-hydroxylation sites is 2. The van der Waals surface area contributed by atoms with Crippen LogP contribution in [-0.4, -0.2) is 11.4 Å². The number of hydrogen-bond acceptors (Lipinski definition) is 4. The topological polar surface area (TPSA) is 52.6 Å². The number of ketones is 1. The van der Waals surface area contributed by atoms with E-state index in [1.165, 1.54) is 0 Å². The highest BCUT2D eigenvalue weighted by Crippen LogP contribution is 2.55. The lowest BCUT2D eigenvalue weighted by molar-refractivity contribution is -0.120. The predicted molar refractivity (Wildman–Crippen MR) is 89.0 cm³/mol. The second-order valence-electron chi connectivity index (χ2n) is 5.58. The van der Waals surface area contributed by atoms with Gasteiger partial charge in [-0.1, -0.05) is 42.8 Å². The zero-order valence-corrected chi connectivity index (χ0v) is 13.7. The van der Waals surface area contributed by atoms with Crippen LogP contribution >= 0.6 is 7.60 Å². The molecule has 0 spiro atoms. The Morgan fingerprint density at radius 3 is 1.83 bits per heavy atom. The van der Waals surface area contributed by atoms with Crippen LogP contribution in [0.1, 0.15) is 25.7 Å². The summed E-state index contributed by atoms with van der Waals surface area (Å²) in [6.07, 6.45) is 2.67. The van der Waals surface area contributed by atoms with Gasteiger partial charge in [0.25, 0.3) is 0 Å². The van der Waals surface area contributed by atoms with Crippen molar-refractivity contribution >= 4 is 13.4 Å². The lowest BCUT2D eigenvalue weighted by Gasteiger charge is -2.28. The van der Waals surface area contributed by atoms with Gasteiger partial charge in [-0.25, -0.2) is 4.57 Å². The van der Waals surface area contributed by atoms with Crippen LogP contribution < -0.4 is 9.05 Å². The van der Waals surface area contributed by atoms with Crippen molar-refractivity contribution in [1.82, 2.24) is 0 Å². The van der Waals surface area contributed by atoms with E-state index in [9.17, 15) is 9.36 Å². The lowest BCUT2D eigenvalue weighted by atomic mass is 9.99. The lowest BCUT2D eigenvalue weighted by Crippen LogP contribution is -2.28. The monoisotopic (exact) mass is 330 g/mol. The Labute approximate surface area is 136 Å². The molecule has 120 valence electrons. The number of rotatable bonds is 5. The average molecular weight is 330 g/mol. The van der Waals surface area contributed by atoms with E-state index >= 15 is 0 Å². The van der Waals surface area contributed by atoms with E-state index in [0.717, 1.165) is 12.8 Å². The minimum atomic E-state index is -3.64. The molecule has 23 heavy (non-hydrogen) atoms. The molecule has 1 fully saturated rings. The van der Waals surface area contributed by atoms with Crippen LogP contribution in [0, 0.1) is 0 Å². The fourth-order valence-corrected chi connectivity index (χ4v) is 4.80. The molecule has 0 amide bonds. The van der Waals surface area contributed by atoms with Gasteiger partial charge in [0.05, 0.1) is 0 Å². The molecule has 0 radical (unpaired) electrons. The molecule has 0 bridgehead atoms. The summed E-state index contributed by atoms with van der Waals surface area (Å²) in [5.41, 5.74) is -0.698. The van der Waals surface area contributed by atoms with Crippen LogP contribution in [0.4, 0.5) is 0 Å². The number of hydrogen-bond donors (Lipinski definition) is 0. The zero-order valence-electron chi connectivity index (χ0n) is 12.8. The van der Waals surface area contributed by atoms with Crippen LogP contribution in [0.5, 0.6) is 11.5 Å². The van der Waals surface area contributed by atoms with Gasteiger partial charge in [-0.3, -0.25) is 4.79 Å². The van der Waals surface area contributed by atoms with Gasteiger partial charge in [-0.2, -0.15) is 0 Å². The van der Waals surface area contributed by atoms with E-state index in [1.54, 1.807) is 48.5 Å². The van der Waals surface area contributed by atoms with E-state index in [0.29, 0.717) is 24.3 Å². The molecule has 1 atom stereocenters. The maximum atomic E-state index is 13.5. The van der Waals surface area contributed by atoms with E-state index in [1.807, 2.05) is 12.1 Å². The van der Waals surface area contributed by atoms with E-state index in [-0.39, 0.29) is 5.78 Å². The van der Waals surface area contributed by atoms with Gasteiger partial charge < -0.3 is 9.05 Å². The summed E-state index contributed by atoms with van der Waals surface area (Å²) in [7, 11) is -3.64. The van der Waals surface area contributed by atoms with Crippen molar-refractivity contribution in [2.75, 3.05) is 0 Å². The van der Waals surface area contributed by atoms with Crippen LogP contribution in [0.15, 0.2) is 60.7 Å². The first kappa shape index (κ1) is 15.8. The molecule has 0 N–H and O–H groups in total. The van der Waals surface area contributed by atoms with Crippen molar-refractivity contribution in [2.24, 2.45) is 0 Å². The normalized spacial score (nSPS) is 18.4. The highest BCUT2D eigenvalue weighted by atomic mass is 31.2. The number of benzene rings is 2. The molecule has 2 aromatic rings. The molecule has 1 saturated carbocycles. The largest absolute Gasteiger partial charge is 0.441 e. The summed E-state index contributed by atoms with van der Waals surface area (Å²) in [4.78, 5) is 12.3. The van der Waals surface area contributed by atoms with E-state index < -0.39 is 13.3 Å². The van der Waals surface area contributed by atoms with Gasteiger partial charge in [0.15, 0.2) is 0 Å². The SMILES string of the molecule is O=C1CCCCC1P(=O)(Oc1ccccc1)Oc1ccccc1. The van der Waals surface area contributed by atoms with Gasteiger partial charge >= 0.3 is 7.60 Å². The number of carbonyl (C=O) groups is 1. The molecule has 0 saturated heterocycles. The maximum absolute atomic E-state index is 13.5. The molecule has 5 heteroatoms. The van der Waals surface area contributed by atoms with Crippen molar-refractivity contribution in [1.29, 1.82) is 0 Å². The van der Waals surface area contributed by atoms with Crippen LogP contribution in [0.25, 0.3) is 0 Å². The fourth-order valence-electron chi connectivity index (χ4n) is 2.70. The van der Waals surface area contributed by atoms with Gasteiger partial charge in [0.2, 0.25) is 0 Å². The second-order valence-corrected chi connectivity index (χ2v) is 7.64. The van der Waals surface area contributed by atoms with Crippen molar-refractivity contribution in [2.45, 2.75) is 31.3 Å². The molecule has 1 aliphatic carbocycles. The Hall–Kier alpha value is -2.06. The van der Waals surface area contributed by atoms with Gasteiger partial charge in [0.1, 0.15) is 22.9 Å². The minimum Gasteiger partial charge on any atom is -0.416 e. The maximum Gasteiger partial charge on any atom is 0.441 e. The third kappa shape index (κ3) is 3.83. The Balaban J connectivity index is 1.91. The van der Waals surface area contributed by atoms with Crippen LogP contribution in [-0.2, 0) is 9.36 Å². The van der Waals surface area contributed by atoms with Crippen molar-refractivity contribution in [3.63, 3.8) is 0 Å². The minimum absolute atomic E-state index is 0.0357. The van der Waals surface area contributed by atoms with Gasteiger partial charge in [-0.15, -0.1) is 0 Å². The summed E-state index contributed by atoms with van der Waals surface area (Å²) in [5.74, 6) is 0.863. The molecule has 1 unspecified atom stereocenters. The molecule has 0 aromatic heterocycles. The molecule has 0 heterocycles. The molecule has 2 aromatic carbocycles. The van der Waals surface area contributed by atoms with Crippen molar-refractivity contribution < 1.29 is 18.4 Å². The third-order valence-corrected chi connectivity index (χ3v) is 6.10. The summed E-state index contributed by atoms with van der Waals surface area (Å²) < 4.78 is 24.9. The molecule has 0 aliphatic heterocycles. The zero-order chi connectivity index (χ0) is 16.1.